The highest BCUT2D eigenvalue weighted by Crippen LogP contribution is 2.30. The van der Waals surface area contributed by atoms with Crippen molar-refractivity contribution in [2.75, 3.05) is 7.11 Å². The highest BCUT2D eigenvalue weighted by atomic mass is 16.5. The minimum atomic E-state index is -1.42. The molecule has 134 valence electrons. The fraction of sp³-hybridized carbons (Fsp3) is 0.250. The van der Waals surface area contributed by atoms with Gasteiger partial charge in [0.2, 0.25) is 0 Å². The van der Waals surface area contributed by atoms with Crippen molar-refractivity contribution in [2.24, 2.45) is 0 Å². The second-order valence-electron chi connectivity index (χ2n) is 6.47. The first kappa shape index (κ1) is 17.7. The predicted octanol–water partition coefficient (Wildman–Crippen LogP) is 2.81. The molecule has 6 heteroatoms. The van der Waals surface area contributed by atoms with Gasteiger partial charge in [-0.3, -0.25) is 14.5 Å². The maximum absolute atomic E-state index is 12.6. The van der Waals surface area contributed by atoms with Crippen LogP contribution in [0.5, 0.6) is 5.75 Å². The van der Waals surface area contributed by atoms with E-state index in [0.29, 0.717) is 16.9 Å². The summed E-state index contributed by atoms with van der Waals surface area (Å²) in [5.41, 5.74) is -0.0426. The lowest BCUT2D eigenvalue weighted by Crippen LogP contribution is -2.53. The molecule has 0 unspecified atom stereocenters. The van der Waals surface area contributed by atoms with Crippen molar-refractivity contribution < 1.29 is 23.9 Å². The molecule has 6 nitrogen and oxygen atoms in total. The number of rotatable bonds is 5. The Hall–Kier alpha value is -3.15. The molecular weight excluding hydrogens is 334 g/mol. The average Bonchev–Trinajstić information content (AvgIpc) is 2.91. The van der Waals surface area contributed by atoms with E-state index in [0.717, 1.165) is 10.5 Å². The zero-order chi connectivity index (χ0) is 18.9. The fourth-order valence-electron chi connectivity index (χ4n) is 2.84. The van der Waals surface area contributed by atoms with Gasteiger partial charge in [0, 0.05) is 0 Å². The van der Waals surface area contributed by atoms with Gasteiger partial charge in [-0.05, 0) is 43.7 Å². The number of carbonyl (C=O) groups excluding carboxylic acids is 3. The lowest BCUT2D eigenvalue weighted by Gasteiger charge is -2.31. The molecule has 1 aliphatic heterocycles. The van der Waals surface area contributed by atoms with Gasteiger partial charge in [-0.25, -0.2) is 4.79 Å². The average molecular weight is 353 g/mol. The van der Waals surface area contributed by atoms with E-state index in [2.05, 4.69) is 0 Å². The molecule has 26 heavy (non-hydrogen) atoms. The molecule has 0 N–H and O–H groups in total. The van der Waals surface area contributed by atoms with Crippen molar-refractivity contribution in [2.45, 2.75) is 26.0 Å². The Labute approximate surface area is 151 Å². The standard InChI is InChI=1S/C20H19NO5/c1-20(2,19(24)26-12-13-8-10-14(25-3)11-9-13)21-17(22)15-6-4-5-7-16(15)18(21)23/h4-11H,12H2,1-3H3. The summed E-state index contributed by atoms with van der Waals surface area (Å²) in [4.78, 5) is 38.7. The third-order valence-corrected chi connectivity index (χ3v) is 4.38. The Balaban J connectivity index is 1.74. The summed E-state index contributed by atoms with van der Waals surface area (Å²) in [6.07, 6.45) is 0. The van der Waals surface area contributed by atoms with Crippen molar-refractivity contribution >= 4 is 17.8 Å². The molecule has 0 atom stereocenters. The van der Waals surface area contributed by atoms with Crippen LogP contribution >= 0.6 is 0 Å². The Kier molecular flexibility index (Phi) is 4.50. The Bertz CT molecular complexity index is 835. The monoisotopic (exact) mass is 353 g/mol. The molecule has 0 bridgehead atoms. The van der Waals surface area contributed by atoms with Crippen LogP contribution in [-0.2, 0) is 16.1 Å². The van der Waals surface area contributed by atoms with Gasteiger partial charge in [0.15, 0.2) is 0 Å². The van der Waals surface area contributed by atoms with E-state index in [9.17, 15) is 14.4 Å². The number of ether oxygens (including phenoxy) is 2. The SMILES string of the molecule is COc1ccc(COC(=O)C(C)(C)N2C(=O)c3ccccc3C2=O)cc1. The Morgan fingerprint density at radius 1 is 0.962 bits per heavy atom. The number of hydrogen-bond donors (Lipinski definition) is 0. The van der Waals surface area contributed by atoms with Crippen LogP contribution in [0, 0.1) is 0 Å². The van der Waals surface area contributed by atoms with Crippen LogP contribution < -0.4 is 4.74 Å². The van der Waals surface area contributed by atoms with Gasteiger partial charge < -0.3 is 9.47 Å². The molecule has 2 aromatic rings. The van der Waals surface area contributed by atoms with Crippen molar-refractivity contribution in [3.63, 3.8) is 0 Å². The first-order valence-electron chi connectivity index (χ1n) is 8.14. The normalized spacial score (nSPS) is 13.6. The third-order valence-electron chi connectivity index (χ3n) is 4.38. The lowest BCUT2D eigenvalue weighted by atomic mass is 10.0. The molecule has 3 rings (SSSR count). The van der Waals surface area contributed by atoms with Crippen LogP contribution in [-0.4, -0.2) is 35.3 Å². The second-order valence-corrected chi connectivity index (χ2v) is 6.47. The topological polar surface area (TPSA) is 72.9 Å². The van der Waals surface area contributed by atoms with Gasteiger partial charge in [0.25, 0.3) is 11.8 Å². The first-order valence-corrected chi connectivity index (χ1v) is 8.14. The van der Waals surface area contributed by atoms with E-state index < -0.39 is 23.3 Å². The van der Waals surface area contributed by atoms with Gasteiger partial charge in [0.05, 0.1) is 18.2 Å². The minimum Gasteiger partial charge on any atom is -0.497 e. The number of nitrogens with zero attached hydrogens (tertiary/aromatic N) is 1. The van der Waals surface area contributed by atoms with Crippen LogP contribution in [0.3, 0.4) is 0 Å². The summed E-state index contributed by atoms with van der Waals surface area (Å²) in [6.45, 7) is 3.05. The smallest absolute Gasteiger partial charge is 0.332 e. The summed E-state index contributed by atoms with van der Waals surface area (Å²) in [7, 11) is 1.57. The van der Waals surface area contributed by atoms with Crippen LogP contribution in [0.25, 0.3) is 0 Å². The molecule has 0 aliphatic carbocycles. The van der Waals surface area contributed by atoms with Crippen LogP contribution in [0.15, 0.2) is 48.5 Å². The van der Waals surface area contributed by atoms with Crippen molar-refractivity contribution in [1.29, 1.82) is 0 Å². The van der Waals surface area contributed by atoms with Gasteiger partial charge in [-0.1, -0.05) is 24.3 Å². The number of imide groups is 1. The highest BCUT2D eigenvalue weighted by molar-refractivity contribution is 6.23. The van der Waals surface area contributed by atoms with Crippen LogP contribution in [0.1, 0.15) is 40.1 Å². The molecular formula is C20H19NO5. The summed E-state index contributed by atoms with van der Waals surface area (Å²) < 4.78 is 10.4. The van der Waals surface area contributed by atoms with Gasteiger partial charge in [-0.15, -0.1) is 0 Å². The van der Waals surface area contributed by atoms with E-state index in [4.69, 9.17) is 9.47 Å². The minimum absolute atomic E-state index is 0.0371. The molecule has 0 saturated heterocycles. The number of hydrogen-bond acceptors (Lipinski definition) is 5. The molecule has 0 radical (unpaired) electrons. The molecule has 1 aliphatic rings. The van der Waals surface area contributed by atoms with Crippen molar-refractivity contribution in [1.82, 2.24) is 4.90 Å². The molecule has 0 saturated carbocycles. The summed E-state index contributed by atoms with van der Waals surface area (Å²) >= 11 is 0. The number of fused-ring (bicyclic) bond motifs is 1. The van der Waals surface area contributed by atoms with E-state index in [1.807, 2.05) is 0 Å². The number of methoxy groups -OCH3 is 1. The van der Waals surface area contributed by atoms with Gasteiger partial charge >= 0.3 is 5.97 Å². The van der Waals surface area contributed by atoms with E-state index in [1.165, 1.54) is 13.8 Å². The van der Waals surface area contributed by atoms with Crippen LogP contribution in [0.2, 0.25) is 0 Å². The molecule has 0 spiro atoms. The largest absolute Gasteiger partial charge is 0.497 e. The number of benzene rings is 2. The summed E-state index contributed by atoms with van der Waals surface area (Å²) in [5.74, 6) is -0.928. The van der Waals surface area contributed by atoms with Crippen LogP contribution in [0.4, 0.5) is 0 Å². The maximum atomic E-state index is 12.6. The second kappa shape index (κ2) is 6.63. The van der Waals surface area contributed by atoms with E-state index >= 15 is 0 Å². The number of esters is 1. The third kappa shape index (κ3) is 2.94. The zero-order valence-corrected chi connectivity index (χ0v) is 14.8. The number of carbonyl (C=O) groups is 3. The number of amides is 2. The van der Waals surface area contributed by atoms with E-state index in [1.54, 1.807) is 55.6 Å². The summed E-state index contributed by atoms with van der Waals surface area (Å²) in [6, 6.07) is 13.6. The Morgan fingerprint density at radius 2 is 1.50 bits per heavy atom. The van der Waals surface area contributed by atoms with E-state index in [-0.39, 0.29) is 6.61 Å². The van der Waals surface area contributed by atoms with Crippen molar-refractivity contribution in [3.05, 3.63) is 65.2 Å². The molecule has 0 aromatic heterocycles. The zero-order valence-electron chi connectivity index (χ0n) is 14.8. The quantitative estimate of drug-likeness (QED) is 0.610. The first-order chi connectivity index (χ1) is 12.4. The fourth-order valence-corrected chi connectivity index (χ4v) is 2.84. The molecule has 0 fully saturated rings. The van der Waals surface area contributed by atoms with Gasteiger partial charge in [-0.2, -0.15) is 0 Å². The Morgan fingerprint density at radius 3 is 2.00 bits per heavy atom. The van der Waals surface area contributed by atoms with Gasteiger partial charge in [0.1, 0.15) is 17.9 Å². The predicted molar refractivity (Wildman–Crippen MR) is 93.8 cm³/mol. The summed E-state index contributed by atoms with van der Waals surface area (Å²) in [5, 5.41) is 0. The van der Waals surface area contributed by atoms with Crippen molar-refractivity contribution in [3.8, 4) is 5.75 Å². The molecule has 2 amide bonds. The highest BCUT2D eigenvalue weighted by Gasteiger charge is 2.48. The maximum Gasteiger partial charge on any atom is 0.332 e. The lowest BCUT2D eigenvalue weighted by molar-refractivity contribution is -0.154. The molecule has 2 aromatic carbocycles. The molecule has 1 heterocycles.